The minimum Gasteiger partial charge on any atom is -0.508 e. The summed E-state index contributed by atoms with van der Waals surface area (Å²) in [5.41, 5.74) is 1.12. The zero-order valence-corrected chi connectivity index (χ0v) is 7.70. The van der Waals surface area contributed by atoms with Crippen LogP contribution in [0.3, 0.4) is 0 Å². The molecule has 0 heterocycles. The normalized spacial score (nSPS) is 21.1. The van der Waals surface area contributed by atoms with E-state index in [2.05, 4.69) is 0 Å². The molecule has 0 radical (unpaired) electrons. The van der Waals surface area contributed by atoms with E-state index in [1.54, 1.807) is 12.1 Å². The largest absolute Gasteiger partial charge is 0.508 e. The van der Waals surface area contributed by atoms with Crippen LogP contribution >= 0.6 is 0 Å². The number of aromatic hydroxyl groups is 1. The van der Waals surface area contributed by atoms with Crippen molar-refractivity contribution in [3.05, 3.63) is 29.8 Å². The maximum atomic E-state index is 9.60. The second-order valence-electron chi connectivity index (χ2n) is 3.88. The summed E-state index contributed by atoms with van der Waals surface area (Å²) in [5, 5.41) is 18.7. The molecule has 1 aliphatic carbocycles. The summed E-state index contributed by atoms with van der Waals surface area (Å²) in [4.78, 5) is 0. The Morgan fingerprint density at radius 1 is 1.23 bits per heavy atom. The van der Waals surface area contributed by atoms with E-state index in [0.29, 0.717) is 0 Å². The molecule has 1 aliphatic rings. The molecule has 0 aliphatic heterocycles. The summed E-state index contributed by atoms with van der Waals surface area (Å²) in [5.74, 6) is 0.283. The molecule has 1 atom stereocenters. The van der Waals surface area contributed by atoms with Crippen LogP contribution in [-0.2, 0) is 5.41 Å². The van der Waals surface area contributed by atoms with Crippen molar-refractivity contribution in [2.45, 2.75) is 31.3 Å². The van der Waals surface area contributed by atoms with E-state index in [9.17, 15) is 5.11 Å². The molecule has 13 heavy (non-hydrogen) atoms. The molecule has 0 spiro atoms. The molecular weight excluding hydrogens is 164 g/mol. The van der Waals surface area contributed by atoms with Crippen molar-refractivity contribution >= 4 is 0 Å². The molecule has 2 heteroatoms. The van der Waals surface area contributed by atoms with E-state index in [1.807, 2.05) is 19.1 Å². The Kier molecular flexibility index (Phi) is 1.81. The average Bonchev–Trinajstić information content (AvgIpc) is 2.86. The van der Waals surface area contributed by atoms with Gasteiger partial charge in [-0.05, 0) is 37.5 Å². The van der Waals surface area contributed by atoms with Crippen molar-refractivity contribution in [2.24, 2.45) is 0 Å². The van der Waals surface area contributed by atoms with Gasteiger partial charge in [-0.1, -0.05) is 12.1 Å². The van der Waals surface area contributed by atoms with Crippen molar-refractivity contribution in [2.75, 3.05) is 0 Å². The van der Waals surface area contributed by atoms with Crippen molar-refractivity contribution in [1.29, 1.82) is 0 Å². The molecule has 2 rings (SSSR count). The molecule has 1 saturated carbocycles. The fourth-order valence-corrected chi connectivity index (χ4v) is 1.88. The standard InChI is InChI=1S/C11H14O2/c1-8(12)11(6-7-11)9-2-4-10(13)5-3-9/h2-5,8,12-13H,6-7H2,1H3. The molecule has 0 amide bonds. The number of phenolic OH excluding ortho intramolecular Hbond substituents is 1. The van der Waals surface area contributed by atoms with E-state index < -0.39 is 0 Å². The summed E-state index contributed by atoms with van der Waals surface area (Å²) in [6.07, 6.45) is 1.81. The van der Waals surface area contributed by atoms with E-state index in [4.69, 9.17) is 5.11 Å². The van der Waals surface area contributed by atoms with Gasteiger partial charge in [0.2, 0.25) is 0 Å². The van der Waals surface area contributed by atoms with E-state index in [0.717, 1.165) is 18.4 Å². The number of benzene rings is 1. The third-order valence-electron chi connectivity index (χ3n) is 3.03. The van der Waals surface area contributed by atoms with Gasteiger partial charge in [0, 0.05) is 5.41 Å². The Labute approximate surface area is 77.8 Å². The summed E-state index contributed by atoms with van der Waals surface area (Å²) in [6, 6.07) is 7.15. The Hall–Kier alpha value is -1.02. The monoisotopic (exact) mass is 178 g/mol. The van der Waals surface area contributed by atoms with Crippen molar-refractivity contribution in [3.63, 3.8) is 0 Å². The lowest BCUT2D eigenvalue weighted by molar-refractivity contribution is 0.150. The van der Waals surface area contributed by atoms with Gasteiger partial charge in [-0.15, -0.1) is 0 Å². The second kappa shape index (κ2) is 2.74. The lowest BCUT2D eigenvalue weighted by atomic mass is 9.91. The van der Waals surface area contributed by atoms with Gasteiger partial charge >= 0.3 is 0 Å². The SMILES string of the molecule is CC(O)C1(c2ccc(O)cc2)CC1. The predicted octanol–water partition coefficient (Wildman–Crippen LogP) is 1.80. The van der Waals surface area contributed by atoms with Crippen LogP contribution < -0.4 is 0 Å². The molecule has 1 fully saturated rings. The highest BCUT2D eigenvalue weighted by Gasteiger charge is 2.48. The molecule has 0 aromatic heterocycles. The zero-order chi connectivity index (χ0) is 9.47. The van der Waals surface area contributed by atoms with Gasteiger partial charge in [-0.25, -0.2) is 0 Å². The van der Waals surface area contributed by atoms with Gasteiger partial charge in [0.05, 0.1) is 6.10 Å². The van der Waals surface area contributed by atoms with Crippen LogP contribution in [0.2, 0.25) is 0 Å². The second-order valence-corrected chi connectivity index (χ2v) is 3.88. The highest BCUT2D eigenvalue weighted by atomic mass is 16.3. The summed E-state index contributed by atoms with van der Waals surface area (Å²) in [6.45, 7) is 1.83. The molecule has 1 aromatic carbocycles. The molecule has 0 bridgehead atoms. The van der Waals surface area contributed by atoms with Crippen LogP contribution in [0.1, 0.15) is 25.3 Å². The molecule has 0 saturated heterocycles. The van der Waals surface area contributed by atoms with Crippen LogP contribution in [0.4, 0.5) is 0 Å². The Balaban J connectivity index is 2.31. The van der Waals surface area contributed by atoms with Gasteiger partial charge in [-0.3, -0.25) is 0 Å². The third kappa shape index (κ3) is 1.31. The predicted molar refractivity (Wildman–Crippen MR) is 50.7 cm³/mol. The zero-order valence-electron chi connectivity index (χ0n) is 7.70. The lowest BCUT2D eigenvalue weighted by Gasteiger charge is -2.18. The van der Waals surface area contributed by atoms with Gasteiger partial charge in [0.25, 0.3) is 0 Å². The van der Waals surface area contributed by atoms with Crippen molar-refractivity contribution in [1.82, 2.24) is 0 Å². The topological polar surface area (TPSA) is 40.5 Å². The molecule has 1 aromatic rings. The van der Waals surface area contributed by atoms with Gasteiger partial charge in [0.1, 0.15) is 5.75 Å². The highest BCUT2D eigenvalue weighted by molar-refractivity contribution is 5.36. The molecular formula is C11H14O2. The fraction of sp³-hybridized carbons (Fsp3) is 0.455. The van der Waals surface area contributed by atoms with Crippen LogP contribution in [-0.4, -0.2) is 16.3 Å². The van der Waals surface area contributed by atoms with Crippen LogP contribution in [0.15, 0.2) is 24.3 Å². The smallest absolute Gasteiger partial charge is 0.115 e. The number of hydrogen-bond donors (Lipinski definition) is 2. The van der Waals surface area contributed by atoms with Crippen LogP contribution in [0.25, 0.3) is 0 Å². The third-order valence-corrected chi connectivity index (χ3v) is 3.03. The minimum absolute atomic E-state index is 0.0201. The Bertz CT molecular complexity index is 296. The fourth-order valence-electron chi connectivity index (χ4n) is 1.88. The molecule has 2 nitrogen and oxygen atoms in total. The summed E-state index contributed by atoms with van der Waals surface area (Å²) in [7, 11) is 0. The molecule has 1 unspecified atom stereocenters. The van der Waals surface area contributed by atoms with Crippen LogP contribution in [0.5, 0.6) is 5.75 Å². The Morgan fingerprint density at radius 2 is 1.77 bits per heavy atom. The number of aliphatic hydroxyl groups is 1. The first-order chi connectivity index (χ1) is 6.15. The van der Waals surface area contributed by atoms with Crippen molar-refractivity contribution in [3.8, 4) is 5.75 Å². The average molecular weight is 178 g/mol. The number of phenols is 1. The maximum absolute atomic E-state index is 9.60. The lowest BCUT2D eigenvalue weighted by Crippen LogP contribution is -2.22. The quantitative estimate of drug-likeness (QED) is 0.725. The maximum Gasteiger partial charge on any atom is 0.115 e. The number of aliphatic hydroxyl groups excluding tert-OH is 1. The molecule has 2 N–H and O–H groups in total. The first kappa shape index (κ1) is 8.57. The van der Waals surface area contributed by atoms with Gasteiger partial charge in [0.15, 0.2) is 0 Å². The highest BCUT2D eigenvalue weighted by Crippen LogP contribution is 2.50. The van der Waals surface area contributed by atoms with E-state index in [1.165, 1.54) is 0 Å². The number of rotatable bonds is 2. The Morgan fingerprint density at radius 3 is 2.15 bits per heavy atom. The van der Waals surface area contributed by atoms with E-state index >= 15 is 0 Å². The summed E-state index contributed by atoms with van der Waals surface area (Å²) < 4.78 is 0. The van der Waals surface area contributed by atoms with E-state index in [-0.39, 0.29) is 17.3 Å². The molecule has 70 valence electrons. The minimum atomic E-state index is -0.294. The number of hydrogen-bond acceptors (Lipinski definition) is 2. The van der Waals surface area contributed by atoms with Gasteiger partial charge in [-0.2, -0.15) is 0 Å². The summed E-state index contributed by atoms with van der Waals surface area (Å²) >= 11 is 0. The van der Waals surface area contributed by atoms with Crippen LogP contribution in [0, 0.1) is 0 Å². The first-order valence-corrected chi connectivity index (χ1v) is 4.63. The first-order valence-electron chi connectivity index (χ1n) is 4.63. The van der Waals surface area contributed by atoms with Gasteiger partial charge < -0.3 is 10.2 Å². The van der Waals surface area contributed by atoms with Crippen molar-refractivity contribution < 1.29 is 10.2 Å².